The van der Waals surface area contributed by atoms with Gasteiger partial charge in [0.25, 0.3) is 0 Å². The standard InChI is InChI=1S/C15H24N4O2S/c1-7-21-13(20)12-9(2)11(17-10(12)3)8-16-19-14(22)18-15(4,5)6/h8,17H,7H2,1-6H3,(H2,18,19,22)/b16-8+. The Morgan fingerprint density at radius 1 is 1.41 bits per heavy atom. The summed E-state index contributed by atoms with van der Waals surface area (Å²) >= 11 is 5.14. The number of nitrogens with one attached hydrogen (secondary N) is 3. The Morgan fingerprint density at radius 3 is 2.59 bits per heavy atom. The zero-order chi connectivity index (χ0) is 16.9. The van der Waals surface area contributed by atoms with Gasteiger partial charge in [0, 0.05) is 11.2 Å². The second-order valence-corrected chi connectivity index (χ2v) is 6.37. The third-order valence-corrected chi connectivity index (χ3v) is 3.00. The summed E-state index contributed by atoms with van der Waals surface area (Å²) in [6, 6.07) is 0. The molecule has 1 rings (SSSR count). The predicted octanol–water partition coefficient (Wildman–Crippen LogP) is 2.40. The SMILES string of the molecule is CCOC(=O)c1c(C)[nH]c(/C=N/NC(=S)NC(C)(C)C)c1C. The highest BCUT2D eigenvalue weighted by Gasteiger charge is 2.18. The van der Waals surface area contributed by atoms with Crippen LogP contribution in [0.4, 0.5) is 0 Å². The summed E-state index contributed by atoms with van der Waals surface area (Å²) in [5, 5.41) is 7.62. The zero-order valence-corrected chi connectivity index (χ0v) is 14.8. The van der Waals surface area contributed by atoms with E-state index in [-0.39, 0.29) is 11.5 Å². The number of aromatic amines is 1. The molecule has 0 atom stereocenters. The number of aryl methyl sites for hydroxylation is 1. The van der Waals surface area contributed by atoms with E-state index in [4.69, 9.17) is 17.0 Å². The van der Waals surface area contributed by atoms with Gasteiger partial charge in [0.2, 0.25) is 0 Å². The first-order chi connectivity index (χ1) is 10.2. The number of aromatic nitrogens is 1. The molecule has 0 radical (unpaired) electrons. The smallest absolute Gasteiger partial charge is 0.340 e. The van der Waals surface area contributed by atoms with Crippen LogP contribution in [-0.2, 0) is 4.74 Å². The van der Waals surface area contributed by atoms with Crippen LogP contribution >= 0.6 is 12.2 Å². The minimum atomic E-state index is -0.328. The second-order valence-electron chi connectivity index (χ2n) is 5.96. The molecule has 0 aliphatic heterocycles. The summed E-state index contributed by atoms with van der Waals surface area (Å²) in [6.07, 6.45) is 1.60. The third-order valence-electron chi connectivity index (χ3n) is 2.80. The molecular formula is C15H24N4O2S. The Morgan fingerprint density at radius 2 is 2.05 bits per heavy atom. The van der Waals surface area contributed by atoms with E-state index in [0.717, 1.165) is 17.0 Å². The number of H-pyrrole nitrogens is 1. The quantitative estimate of drug-likeness (QED) is 0.343. The van der Waals surface area contributed by atoms with Crippen molar-refractivity contribution in [2.45, 2.75) is 47.1 Å². The van der Waals surface area contributed by atoms with E-state index < -0.39 is 0 Å². The molecule has 0 aliphatic carbocycles. The molecule has 7 heteroatoms. The second kappa shape index (κ2) is 7.40. The van der Waals surface area contributed by atoms with E-state index in [9.17, 15) is 4.79 Å². The van der Waals surface area contributed by atoms with Crippen molar-refractivity contribution in [3.05, 3.63) is 22.5 Å². The number of thiocarbonyl (C=S) groups is 1. The van der Waals surface area contributed by atoms with Gasteiger partial charge in [0.05, 0.1) is 24.1 Å². The summed E-state index contributed by atoms with van der Waals surface area (Å²) in [6.45, 7) is 11.8. The molecule has 0 amide bonds. The van der Waals surface area contributed by atoms with Crippen molar-refractivity contribution in [2.75, 3.05) is 6.61 Å². The molecule has 0 saturated carbocycles. The molecule has 22 heavy (non-hydrogen) atoms. The fraction of sp³-hybridized carbons (Fsp3) is 0.533. The van der Waals surface area contributed by atoms with E-state index in [1.54, 1.807) is 13.1 Å². The Balaban J connectivity index is 2.79. The van der Waals surface area contributed by atoms with Gasteiger partial charge in [0.15, 0.2) is 5.11 Å². The average Bonchev–Trinajstić information content (AvgIpc) is 2.62. The summed E-state index contributed by atoms with van der Waals surface area (Å²) < 4.78 is 5.05. The van der Waals surface area contributed by atoms with Crippen molar-refractivity contribution >= 4 is 29.5 Å². The minimum Gasteiger partial charge on any atom is -0.462 e. The molecule has 0 aliphatic rings. The Hall–Kier alpha value is -1.89. The lowest BCUT2D eigenvalue weighted by Gasteiger charge is -2.21. The van der Waals surface area contributed by atoms with Gasteiger partial charge in [-0.25, -0.2) is 4.79 Å². The highest BCUT2D eigenvalue weighted by atomic mass is 32.1. The van der Waals surface area contributed by atoms with Gasteiger partial charge in [-0.15, -0.1) is 0 Å². The van der Waals surface area contributed by atoms with Crippen LogP contribution in [0, 0.1) is 13.8 Å². The van der Waals surface area contributed by atoms with E-state index in [2.05, 4.69) is 20.8 Å². The molecule has 0 spiro atoms. The van der Waals surface area contributed by atoms with E-state index >= 15 is 0 Å². The van der Waals surface area contributed by atoms with Gasteiger partial charge in [0.1, 0.15) is 0 Å². The van der Waals surface area contributed by atoms with Crippen molar-refractivity contribution in [2.24, 2.45) is 5.10 Å². The van der Waals surface area contributed by atoms with Gasteiger partial charge in [-0.1, -0.05) is 0 Å². The lowest BCUT2D eigenvalue weighted by atomic mass is 10.1. The first kappa shape index (κ1) is 18.2. The summed E-state index contributed by atoms with van der Waals surface area (Å²) in [4.78, 5) is 15.0. The van der Waals surface area contributed by atoms with Crippen LogP contribution in [-0.4, -0.2) is 34.4 Å². The molecule has 6 nitrogen and oxygen atoms in total. The molecule has 0 aromatic carbocycles. The van der Waals surface area contributed by atoms with E-state index in [1.165, 1.54) is 0 Å². The highest BCUT2D eigenvalue weighted by molar-refractivity contribution is 7.80. The van der Waals surface area contributed by atoms with Crippen molar-refractivity contribution < 1.29 is 9.53 Å². The number of rotatable bonds is 4. The summed E-state index contributed by atoms with van der Waals surface area (Å²) in [5.41, 5.74) is 5.48. The van der Waals surface area contributed by atoms with Crippen LogP contribution < -0.4 is 10.7 Å². The summed E-state index contributed by atoms with van der Waals surface area (Å²) in [5.74, 6) is -0.328. The van der Waals surface area contributed by atoms with Crippen molar-refractivity contribution in [1.29, 1.82) is 0 Å². The normalized spacial score (nSPS) is 11.5. The van der Waals surface area contributed by atoms with Crippen LogP contribution in [0.3, 0.4) is 0 Å². The number of nitrogens with zero attached hydrogens (tertiary/aromatic N) is 1. The Labute approximate surface area is 136 Å². The van der Waals surface area contributed by atoms with Crippen molar-refractivity contribution in [1.82, 2.24) is 15.7 Å². The van der Waals surface area contributed by atoms with Crippen molar-refractivity contribution in [3.63, 3.8) is 0 Å². The number of hydrogen-bond donors (Lipinski definition) is 3. The predicted molar refractivity (Wildman–Crippen MR) is 92.4 cm³/mol. The average molecular weight is 324 g/mol. The maximum absolute atomic E-state index is 11.9. The van der Waals surface area contributed by atoms with Crippen molar-refractivity contribution in [3.8, 4) is 0 Å². The first-order valence-corrected chi connectivity index (χ1v) is 7.54. The number of carbonyl (C=O) groups excluding carboxylic acids is 1. The topological polar surface area (TPSA) is 78.5 Å². The molecular weight excluding hydrogens is 300 g/mol. The molecule has 3 N–H and O–H groups in total. The molecule has 0 unspecified atom stereocenters. The van der Waals surface area contributed by atoms with Crippen LogP contribution in [0.5, 0.6) is 0 Å². The lowest BCUT2D eigenvalue weighted by molar-refractivity contribution is 0.0525. The molecule has 1 aromatic rings. The van der Waals surface area contributed by atoms with E-state index in [1.807, 2.05) is 34.6 Å². The van der Waals surface area contributed by atoms with Gasteiger partial charge in [-0.2, -0.15) is 5.10 Å². The number of esters is 1. The first-order valence-electron chi connectivity index (χ1n) is 7.13. The number of carbonyl (C=O) groups is 1. The number of hydrazone groups is 1. The van der Waals surface area contributed by atoms with Gasteiger partial charge in [-0.05, 0) is 59.3 Å². The van der Waals surface area contributed by atoms with Crippen LogP contribution in [0.15, 0.2) is 5.10 Å². The summed E-state index contributed by atoms with van der Waals surface area (Å²) in [7, 11) is 0. The third kappa shape index (κ3) is 5.14. The van der Waals surface area contributed by atoms with Gasteiger partial charge < -0.3 is 15.0 Å². The fourth-order valence-corrected chi connectivity index (χ4v) is 2.30. The van der Waals surface area contributed by atoms with Gasteiger partial charge >= 0.3 is 5.97 Å². The molecule has 0 bridgehead atoms. The number of ether oxygens (including phenoxy) is 1. The molecule has 1 aromatic heterocycles. The number of hydrogen-bond acceptors (Lipinski definition) is 4. The Kier molecular flexibility index (Phi) is 6.11. The molecule has 122 valence electrons. The fourth-order valence-electron chi connectivity index (χ4n) is 1.94. The van der Waals surface area contributed by atoms with E-state index in [0.29, 0.717) is 17.3 Å². The monoisotopic (exact) mass is 324 g/mol. The van der Waals surface area contributed by atoms with Gasteiger partial charge in [-0.3, -0.25) is 5.43 Å². The molecule has 0 fully saturated rings. The molecule has 0 saturated heterocycles. The molecule has 1 heterocycles. The van der Waals surface area contributed by atoms with Crippen LogP contribution in [0.2, 0.25) is 0 Å². The van der Waals surface area contributed by atoms with Crippen LogP contribution in [0.1, 0.15) is 55.0 Å². The highest BCUT2D eigenvalue weighted by Crippen LogP contribution is 2.17. The van der Waals surface area contributed by atoms with Crippen LogP contribution in [0.25, 0.3) is 0 Å². The minimum absolute atomic E-state index is 0.129. The zero-order valence-electron chi connectivity index (χ0n) is 14.0. The maximum Gasteiger partial charge on any atom is 0.340 e. The largest absolute Gasteiger partial charge is 0.462 e. The lowest BCUT2D eigenvalue weighted by Crippen LogP contribution is -2.44. The maximum atomic E-state index is 11.9. The Bertz CT molecular complexity index is 585.